The molecule has 1 aliphatic rings. The number of hydrogen-bond acceptors (Lipinski definition) is 4. The van der Waals surface area contributed by atoms with Gasteiger partial charge in [0.1, 0.15) is 5.82 Å². The Morgan fingerprint density at radius 2 is 1.70 bits per heavy atom. The van der Waals surface area contributed by atoms with Crippen LogP contribution in [0, 0.1) is 5.82 Å². The summed E-state index contributed by atoms with van der Waals surface area (Å²) in [6.07, 6.45) is 3.78. The van der Waals surface area contributed by atoms with Crippen LogP contribution in [0.25, 0.3) is 0 Å². The number of likely N-dealkylation sites (tertiary alicyclic amines) is 1. The summed E-state index contributed by atoms with van der Waals surface area (Å²) in [6.45, 7) is 4.97. The van der Waals surface area contributed by atoms with E-state index in [1.165, 1.54) is 17.7 Å². The van der Waals surface area contributed by atoms with Crippen LogP contribution in [0.4, 0.5) is 10.1 Å². The topological polar surface area (TPSA) is 31.7 Å². The summed E-state index contributed by atoms with van der Waals surface area (Å²) in [5.41, 5.74) is 3.96. The van der Waals surface area contributed by atoms with Crippen molar-refractivity contribution in [3.05, 3.63) is 96.1 Å². The van der Waals surface area contributed by atoms with Crippen LogP contribution in [0.3, 0.4) is 0 Å². The molecule has 0 N–H and O–H groups in total. The fourth-order valence-electron chi connectivity index (χ4n) is 3.90. The van der Waals surface area contributed by atoms with E-state index >= 15 is 0 Å². The van der Waals surface area contributed by atoms with Gasteiger partial charge in [-0.05, 0) is 61.7 Å². The first-order valence-corrected chi connectivity index (χ1v) is 10.5. The Balaban J connectivity index is 1.51. The predicted molar refractivity (Wildman–Crippen MR) is 120 cm³/mol. The minimum atomic E-state index is -0.234. The molecule has 0 radical (unpaired) electrons. The number of anilines is 1. The first kappa shape index (κ1) is 20.2. The average molecular weight is 403 g/mol. The molecule has 1 saturated heterocycles. The van der Waals surface area contributed by atoms with E-state index in [4.69, 9.17) is 5.10 Å². The Morgan fingerprint density at radius 3 is 2.37 bits per heavy atom. The van der Waals surface area contributed by atoms with Crippen LogP contribution in [0.2, 0.25) is 0 Å². The lowest BCUT2D eigenvalue weighted by Gasteiger charge is -2.37. The molecule has 2 heterocycles. The quantitative estimate of drug-likeness (QED) is 0.424. The fourth-order valence-corrected chi connectivity index (χ4v) is 3.90. The van der Waals surface area contributed by atoms with Gasteiger partial charge in [-0.2, -0.15) is 5.10 Å². The molecule has 4 nitrogen and oxygen atoms in total. The number of halogens is 1. The van der Waals surface area contributed by atoms with Gasteiger partial charge in [-0.3, -0.25) is 14.9 Å². The van der Waals surface area contributed by atoms with Crippen LogP contribution in [-0.4, -0.2) is 34.7 Å². The number of nitrogens with zero attached hydrogens (tertiary/aromatic N) is 4. The van der Waals surface area contributed by atoms with Gasteiger partial charge in [-0.15, -0.1) is 0 Å². The third-order valence-electron chi connectivity index (χ3n) is 5.54. The fraction of sp³-hybridized carbons (Fsp3) is 0.280. The Kier molecular flexibility index (Phi) is 6.50. The maximum absolute atomic E-state index is 13.5. The SMILES string of the molecule is C/C(=N/N(c1ccc(F)cc1)C1CCN(Cc2ccccc2)CC1)c1ccccn1. The number of pyridine rings is 1. The summed E-state index contributed by atoms with van der Waals surface area (Å²) < 4.78 is 13.5. The van der Waals surface area contributed by atoms with Gasteiger partial charge in [0.05, 0.1) is 23.1 Å². The first-order chi connectivity index (χ1) is 14.7. The van der Waals surface area contributed by atoms with E-state index < -0.39 is 0 Å². The van der Waals surface area contributed by atoms with Crippen molar-refractivity contribution in [2.75, 3.05) is 18.1 Å². The molecule has 0 unspecified atom stereocenters. The number of hydrazone groups is 1. The molecule has 154 valence electrons. The summed E-state index contributed by atoms with van der Waals surface area (Å²) >= 11 is 0. The van der Waals surface area contributed by atoms with Crippen LogP contribution in [0.15, 0.2) is 84.1 Å². The van der Waals surface area contributed by atoms with Gasteiger partial charge in [-0.1, -0.05) is 36.4 Å². The molecular weight excluding hydrogens is 375 g/mol. The molecule has 0 atom stereocenters. The van der Waals surface area contributed by atoms with E-state index in [9.17, 15) is 4.39 Å². The van der Waals surface area contributed by atoms with Crippen molar-refractivity contribution in [1.82, 2.24) is 9.88 Å². The molecule has 1 aromatic heterocycles. The van der Waals surface area contributed by atoms with Crippen LogP contribution in [-0.2, 0) is 6.54 Å². The van der Waals surface area contributed by atoms with E-state index in [2.05, 4.69) is 45.2 Å². The van der Waals surface area contributed by atoms with Gasteiger partial charge < -0.3 is 0 Å². The van der Waals surface area contributed by atoms with Crippen molar-refractivity contribution in [2.45, 2.75) is 32.4 Å². The second kappa shape index (κ2) is 9.63. The van der Waals surface area contributed by atoms with Crippen LogP contribution in [0.1, 0.15) is 31.0 Å². The van der Waals surface area contributed by atoms with Crippen molar-refractivity contribution in [3.63, 3.8) is 0 Å². The zero-order chi connectivity index (χ0) is 20.8. The lowest BCUT2D eigenvalue weighted by Crippen LogP contribution is -2.43. The maximum atomic E-state index is 13.5. The molecule has 4 rings (SSSR count). The highest BCUT2D eigenvalue weighted by Crippen LogP contribution is 2.26. The molecule has 2 aromatic carbocycles. The van der Waals surface area contributed by atoms with Gasteiger partial charge in [0, 0.05) is 25.8 Å². The van der Waals surface area contributed by atoms with E-state index in [1.54, 1.807) is 18.3 Å². The molecule has 5 heteroatoms. The molecule has 0 aliphatic carbocycles. The van der Waals surface area contributed by atoms with Gasteiger partial charge >= 0.3 is 0 Å². The molecule has 0 bridgehead atoms. The third-order valence-corrected chi connectivity index (χ3v) is 5.54. The first-order valence-electron chi connectivity index (χ1n) is 10.5. The molecule has 1 fully saturated rings. The molecule has 0 amide bonds. The molecule has 30 heavy (non-hydrogen) atoms. The maximum Gasteiger partial charge on any atom is 0.123 e. The highest BCUT2D eigenvalue weighted by molar-refractivity contribution is 5.97. The molecule has 0 saturated carbocycles. The Hall–Kier alpha value is -3.05. The van der Waals surface area contributed by atoms with Gasteiger partial charge in [-0.25, -0.2) is 4.39 Å². The third kappa shape index (κ3) is 5.10. The summed E-state index contributed by atoms with van der Waals surface area (Å²) in [7, 11) is 0. The predicted octanol–water partition coefficient (Wildman–Crippen LogP) is 5.12. The standard InChI is InChI=1S/C25H27FN4/c1-20(25-9-5-6-16-27-25)28-30(23-12-10-22(26)11-13-23)24-14-17-29(18-15-24)19-21-7-3-2-4-8-21/h2-13,16,24H,14-15,17-19H2,1H3/b28-20-. The molecule has 1 aliphatic heterocycles. The van der Waals surface area contributed by atoms with Gasteiger partial charge in [0.15, 0.2) is 0 Å². The van der Waals surface area contributed by atoms with Crippen LogP contribution in [0.5, 0.6) is 0 Å². The Labute approximate surface area is 177 Å². The zero-order valence-corrected chi connectivity index (χ0v) is 17.3. The summed E-state index contributed by atoms with van der Waals surface area (Å²) in [4.78, 5) is 6.91. The van der Waals surface area contributed by atoms with Crippen molar-refractivity contribution < 1.29 is 4.39 Å². The molecule has 0 spiro atoms. The number of rotatable bonds is 6. The molecule has 3 aromatic rings. The Bertz CT molecular complexity index is 949. The number of benzene rings is 2. The highest BCUT2D eigenvalue weighted by atomic mass is 19.1. The number of hydrogen-bond donors (Lipinski definition) is 0. The van der Waals surface area contributed by atoms with E-state index in [0.717, 1.165) is 49.6 Å². The average Bonchev–Trinajstić information content (AvgIpc) is 2.80. The van der Waals surface area contributed by atoms with E-state index in [-0.39, 0.29) is 11.9 Å². The minimum absolute atomic E-state index is 0.234. The lowest BCUT2D eigenvalue weighted by molar-refractivity contribution is 0.201. The summed E-state index contributed by atoms with van der Waals surface area (Å²) in [5.74, 6) is -0.234. The highest BCUT2D eigenvalue weighted by Gasteiger charge is 2.25. The monoisotopic (exact) mass is 402 g/mol. The lowest BCUT2D eigenvalue weighted by atomic mass is 10.0. The van der Waals surface area contributed by atoms with E-state index in [0.29, 0.717) is 0 Å². The smallest absolute Gasteiger partial charge is 0.123 e. The number of piperidine rings is 1. The normalized spacial score (nSPS) is 15.9. The minimum Gasteiger partial charge on any atom is -0.299 e. The van der Waals surface area contributed by atoms with Gasteiger partial charge in [0.25, 0.3) is 0 Å². The second-order valence-electron chi connectivity index (χ2n) is 7.71. The number of aromatic nitrogens is 1. The van der Waals surface area contributed by atoms with Crippen molar-refractivity contribution in [3.8, 4) is 0 Å². The Morgan fingerprint density at radius 1 is 1.00 bits per heavy atom. The van der Waals surface area contributed by atoms with Crippen molar-refractivity contribution >= 4 is 11.4 Å². The molecular formula is C25H27FN4. The van der Waals surface area contributed by atoms with Crippen molar-refractivity contribution in [2.24, 2.45) is 5.10 Å². The summed E-state index contributed by atoms with van der Waals surface area (Å²) in [5, 5.41) is 6.98. The van der Waals surface area contributed by atoms with Crippen LogP contribution >= 0.6 is 0 Å². The largest absolute Gasteiger partial charge is 0.299 e. The zero-order valence-electron chi connectivity index (χ0n) is 17.3. The summed E-state index contributed by atoms with van der Waals surface area (Å²) in [6, 6.07) is 23.3. The van der Waals surface area contributed by atoms with E-state index in [1.807, 2.05) is 25.1 Å². The van der Waals surface area contributed by atoms with Gasteiger partial charge in [0.2, 0.25) is 0 Å². The van der Waals surface area contributed by atoms with Crippen molar-refractivity contribution in [1.29, 1.82) is 0 Å². The van der Waals surface area contributed by atoms with Crippen LogP contribution < -0.4 is 5.01 Å². The second-order valence-corrected chi connectivity index (χ2v) is 7.71.